The number of fused-ring (bicyclic) bond motifs is 1. The average Bonchev–Trinajstić information content (AvgIpc) is 3.72. The number of aromatic nitrogens is 2. The topological polar surface area (TPSA) is 126 Å². The number of benzene rings is 2. The first-order chi connectivity index (χ1) is 19.5. The van der Waals surface area contributed by atoms with Crippen molar-refractivity contribution < 1.29 is 14.3 Å². The first-order valence-electron chi connectivity index (χ1n) is 13.9. The van der Waals surface area contributed by atoms with Crippen molar-refractivity contribution >= 4 is 17.6 Å². The number of nitrogens with zero attached hydrogens (tertiary/aromatic N) is 4. The zero-order valence-electron chi connectivity index (χ0n) is 22.3. The van der Waals surface area contributed by atoms with Crippen molar-refractivity contribution in [2.75, 3.05) is 25.0 Å². The number of primary amides is 1. The first kappa shape index (κ1) is 25.7. The monoisotopic (exact) mass is 536 g/mol. The van der Waals surface area contributed by atoms with Crippen LogP contribution in [0.5, 0.6) is 11.5 Å². The van der Waals surface area contributed by atoms with Crippen LogP contribution in [0.4, 0.5) is 5.82 Å². The van der Waals surface area contributed by atoms with Crippen molar-refractivity contribution in [2.45, 2.75) is 38.1 Å². The Balaban J connectivity index is 1.20. The van der Waals surface area contributed by atoms with Crippen molar-refractivity contribution in [1.82, 2.24) is 14.7 Å². The Kier molecular flexibility index (Phi) is 6.99. The van der Waals surface area contributed by atoms with Gasteiger partial charge in [0.25, 0.3) is 11.8 Å². The van der Waals surface area contributed by atoms with Crippen molar-refractivity contribution in [3.05, 3.63) is 71.8 Å². The van der Waals surface area contributed by atoms with Crippen LogP contribution in [0.1, 0.15) is 48.5 Å². The average molecular weight is 537 g/mol. The number of ether oxygens (including phenoxy) is 1. The van der Waals surface area contributed by atoms with E-state index in [1.54, 1.807) is 4.90 Å². The number of para-hydroxylation sites is 1. The van der Waals surface area contributed by atoms with Crippen molar-refractivity contribution in [3.63, 3.8) is 0 Å². The molecule has 3 N–H and O–H groups in total. The van der Waals surface area contributed by atoms with Gasteiger partial charge in [-0.05, 0) is 80.3 Å². The smallest absolute Gasteiger partial charge is 0.264 e. The molecular weight excluding hydrogens is 504 g/mol. The number of nitriles is 1. The Morgan fingerprint density at radius 3 is 2.35 bits per heavy atom. The summed E-state index contributed by atoms with van der Waals surface area (Å²) in [6, 6.07) is 19.2. The van der Waals surface area contributed by atoms with E-state index in [-0.39, 0.29) is 23.4 Å². The minimum atomic E-state index is -0.527. The maximum Gasteiger partial charge on any atom is 0.264 e. The third-order valence-corrected chi connectivity index (χ3v) is 8.06. The van der Waals surface area contributed by atoms with Crippen LogP contribution in [0.2, 0.25) is 0 Å². The zero-order valence-corrected chi connectivity index (χ0v) is 22.3. The van der Waals surface area contributed by atoms with E-state index in [2.05, 4.69) is 11.4 Å². The van der Waals surface area contributed by atoms with Crippen molar-refractivity contribution in [1.29, 1.82) is 5.26 Å². The van der Waals surface area contributed by atoms with Gasteiger partial charge in [-0.2, -0.15) is 10.4 Å². The predicted molar refractivity (Wildman–Crippen MR) is 151 cm³/mol. The number of nitrogens with one attached hydrogen (secondary N) is 1. The Hall–Kier alpha value is -4.58. The summed E-state index contributed by atoms with van der Waals surface area (Å²) in [5, 5.41) is 17.8. The second-order valence-corrected chi connectivity index (χ2v) is 10.8. The van der Waals surface area contributed by atoms with Gasteiger partial charge in [0, 0.05) is 25.2 Å². The Morgan fingerprint density at radius 2 is 1.70 bits per heavy atom. The Labute approximate surface area is 233 Å². The molecule has 6 rings (SSSR count). The van der Waals surface area contributed by atoms with Gasteiger partial charge in [-0.25, -0.2) is 4.68 Å². The maximum absolute atomic E-state index is 12.9. The van der Waals surface area contributed by atoms with E-state index in [1.165, 1.54) is 0 Å². The van der Waals surface area contributed by atoms with E-state index in [9.17, 15) is 14.9 Å². The molecule has 1 unspecified atom stereocenters. The van der Waals surface area contributed by atoms with Gasteiger partial charge >= 0.3 is 0 Å². The lowest BCUT2D eigenvalue weighted by Crippen LogP contribution is -2.42. The van der Waals surface area contributed by atoms with E-state index < -0.39 is 5.91 Å². The largest absolute Gasteiger partial charge is 0.457 e. The summed E-state index contributed by atoms with van der Waals surface area (Å²) in [7, 11) is 0. The van der Waals surface area contributed by atoms with E-state index in [4.69, 9.17) is 15.6 Å². The van der Waals surface area contributed by atoms with Gasteiger partial charge in [0.1, 0.15) is 40.2 Å². The van der Waals surface area contributed by atoms with Gasteiger partial charge in [-0.15, -0.1) is 0 Å². The third kappa shape index (κ3) is 5.17. The normalized spacial score (nSPS) is 19.3. The number of nitrogens with two attached hydrogens (primary N) is 1. The van der Waals surface area contributed by atoms with Crippen molar-refractivity contribution in [2.24, 2.45) is 17.6 Å². The fourth-order valence-electron chi connectivity index (χ4n) is 5.79. The van der Waals surface area contributed by atoms with Crippen LogP contribution in [-0.2, 0) is 4.79 Å². The molecule has 0 radical (unpaired) electrons. The number of carbonyl (C=O) groups is 2. The molecule has 2 amide bonds. The molecule has 9 heteroatoms. The molecule has 0 bridgehead atoms. The highest BCUT2D eigenvalue weighted by molar-refractivity contribution is 6.04. The lowest BCUT2D eigenvalue weighted by atomic mass is 9.86. The zero-order chi connectivity index (χ0) is 27.6. The molecule has 9 nitrogen and oxygen atoms in total. The third-order valence-electron chi connectivity index (χ3n) is 8.06. The lowest BCUT2D eigenvalue weighted by Gasteiger charge is -2.38. The summed E-state index contributed by atoms with van der Waals surface area (Å²) in [5.41, 5.74) is 7.86. The second-order valence-electron chi connectivity index (χ2n) is 10.8. The van der Waals surface area contributed by atoms with Gasteiger partial charge in [-0.1, -0.05) is 24.3 Å². The van der Waals surface area contributed by atoms with Gasteiger partial charge in [0.05, 0.1) is 6.04 Å². The number of likely N-dealkylation sites (tertiary alicyclic amines) is 1. The minimum absolute atomic E-state index is 0.0819. The molecule has 3 aromatic rings. The molecule has 40 heavy (non-hydrogen) atoms. The predicted octanol–water partition coefficient (Wildman–Crippen LogP) is 4.90. The molecule has 1 atom stereocenters. The summed E-state index contributed by atoms with van der Waals surface area (Å²) >= 11 is 0. The first-order valence-corrected chi connectivity index (χ1v) is 13.9. The summed E-state index contributed by atoms with van der Waals surface area (Å²) < 4.78 is 7.85. The number of allylic oxidation sites excluding steroid dienone is 1. The summed E-state index contributed by atoms with van der Waals surface area (Å²) in [5.74, 6) is 2.07. The quantitative estimate of drug-likeness (QED) is 0.327. The Morgan fingerprint density at radius 1 is 1.00 bits per heavy atom. The second kappa shape index (κ2) is 10.9. The fraction of sp³-hybridized carbons (Fsp3) is 0.355. The Bertz CT molecular complexity index is 1480. The van der Waals surface area contributed by atoms with E-state index in [1.807, 2.05) is 65.4 Å². The molecule has 204 valence electrons. The highest BCUT2D eigenvalue weighted by Crippen LogP contribution is 2.40. The maximum atomic E-state index is 12.9. The number of hydrogen-bond acceptors (Lipinski definition) is 6. The molecule has 1 aromatic heterocycles. The van der Waals surface area contributed by atoms with Crippen molar-refractivity contribution in [3.8, 4) is 28.8 Å². The lowest BCUT2D eigenvalue weighted by molar-refractivity contribution is -0.128. The molecule has 2 aliphatic heterocycles. The molecule has 1 saturated carbocycles. The van der Waals surface area contributed by atoms with Gasteiger partial charge in [0.2, 0.25) is 0 Å². The molecular formula is C31H32N6O3. The molecule has 2 fully saturated rings. The number of carbonyl (C=O) groups excluding carboxylic acids is 2. The van der Waals surface area contributed by atoms with Crippen LogP contribution in [-0.4, -0.2) is 46.1 Å². The van der Waals surface area contributed by atoms with Gasteiger partial charge in [0.15, 0.2) is 0 Å². The summed E-state index contributed by atoms with van der Waals surface area (Å²) in [6.45, 7) is 1.92. The van der Waals surface area contributed by atoms with Crippen LogP contribution in [0.25, 0.3) is 11.3 Å². The SMILES string of the molecule is N#C/C(=C/C1CC1)C(=O)N1CCC(C2CCNc3c(C(N)=O)c(-c4ccc(Oc5ccccc5)cc4)nn32)CC1. The van der Waals surface area contributed by atoms with Crippen LogP contribution in [0.3, 0.4) is 0 Å². The van der Waals surface area contributed by atoms with Gasteiger partial charge < -0.3 is 20.7 Å². The fourth-order valence-corrected chi connectivity index (χ4v) is 5.79. The molecule has 3 heterocycles. The van der Waals surface area contributed by atoms with Crippen LogP contribution in [0.15, 0.2) is 66.2 Å². The number of piperidine rings is 1. The summed E-state index contributed by atoms with van der Waals surface area (Å²) in [4.78, 5) is 27.4. The van der Waals surface area contributed by atoms with E-state index in [0.717, 1.165) is 43.4 Å². The molecule has 1 aliphatic carbocycles. The highest BCUT2D eigenvalue weighted by Gasteiger charge is 2.36. The van der Waals surface area contributed by atoms with Crippen LogP contribution >= 0.6 is 0 Å². The molecule has 0 spiro atoms. The number of rotatable bonds is 7. The van der Waals surface area contributed by atoms with E-state index in [0.29, 0.717) is 48.4 Å². The number of anilines is 1. The highest BCUT2D eigenvalue weighted by atomic mass is 16.5. The summed E-state index contributed by atoms with van der Waals surface area (Å²) in [6.07, 6.45) is 6.44. The number of amides is 2. The molecule has 2 aromatic carbocycles. The van der Waals surface area contributed by atoms with E-state index >= 15 is 0 Å². The number of hydrogen-bond donors (Lipinski definition) is 2. The standard InChI is InChI=1S/C31H32N6O3/c32-19-23(18-20-6-7-20)31(39)36-16-13-21(14-17-36)26-12-15-34-30-27(29(33)38)28(35-37(26)30)22-8-10-25(11-9-22)40-24-4-2-1-3-5-24/h1-5,8-11,18,20-21,26,34H,6-7,12-17H2,(H2,33,38)/b23-18-. The van der Waals surface area contributed by atoms with Crippen LogP contribution in [0, 0.1) is 23.2 Å². The molecule has 1 saturated heterocycles. The molecule has 3 aliphatic rings. The van der Waals surface area contributed by atoms with Gasteiger partial charge in [-0.3, -0.25) is 9.59 Å². The minimum Gasteiger partial charge on any atom is -0.457 e. The van der Waals surface area contributed by atoms with Crippen LogP contribution < -0.4 is 15.8 Å².